The van der Waals surface area contributed by atoms with Gasteiger partial charge in [0.2, 0.25) is 5.95 Å². The Hall–Kier alpha value is -1.14. The molecule has 2 fully saturated rings. The number of rotatable bonds is 2. The van der Waals surface area contributed by atoms with Crippen molar-refractivity contribution in [1.29, 1.82) is 0 Å². The summed E-state index contributed by atoms with van der Waals surface area (Å²) >= 11 is 0. The quantitative estimate of drug-likeness (QED) is 0.801. The van der Waals surface area contributed by atoms with Gasteiger partial charge in [0, 0.05) is 44.8 Å². The van der Waals surface area contributed by atoms with Crippen LogP contribution in [0.15, 0.2) is 0 Å². The summed E-state index contributed by atoms with van der Waals surface area (Å²) in [7, 11) is 0. The highest BCUT2D eigenvalue weighted by Gasteiger charge is 2.23. The van der Waals surface area contributed by atoms with E-state index in [1.54, 1.807) is 0 Å². The molecule has 2 aliphatic rings. The number of nitrogens with zero attached hydrogens (tertiary/aromatic N) is 3. The van der Waals surface area contributed by atoms with Gasteiger partial charge in [0.25, 0.3) is 0 Å². The Labute approximate surface area is 107 Å². The van der Waals surface area contributed by atoms with Crippen LogP contribution < -0.4 is 10.2 Å². The summed E-state index contributed by atoms with van der Waals surface area (Å²) in [4.78, 5) is 6.92. The van der Waals surface area contributed by atoms with Gasteiger partial charge in [0.05, 0.1) is 0 Å². The molecule has 0 unspecified atom stereocenters. The molecule has 2 saturated heterocycles. The predicted octanol–water partition coefficient (Wildman–Crippen LogP) is 0.497. The fourth-order valence-electron chi connectivity index (χ4n) is 2.67. The van der Waals surface area contributed by atoms with Crippen LogP contribution in [0.2, 0.25) is 0 Å². The average Bonchev–Trinajstić information content (AvgIpc) is 2.89. The second-order valence-electron chi connectivity index (χ2n) is 5.21. The minimum absolute atomic E-state index is 0.486. The Morgan fingerprint density at radius 2 is 2.17 bits per heavy atom. The van der Waals surface area contributed by atoms with Gasteiger partial charge >= 0.3 is 0 Å². The molecule has 0 amide bonds. The maximum Gasteiger partial charge on any atom is 0.244 e. The summed E-state index contributed by atoms with van der Waals surface area (Å²) in [6.07, 6.45) is 2.10. The number of nitrogens with one attached hydrogen (secondary N) is 2. The van der Waals surface area contributed by atoms with Crippen molar-refractivity contribution in [2.45, 2.75) is 31.7 Å². The molecule has 0 bridgehead atoms. The van der Waals surface area contributed by atoms with Crippen LogP contribution >= 0.6 is 0 Å². The van der Waals surface area contributed by atoms with Crippen LogP contribution in [-0.2, 0) is 4.74 Å². The van der Waals surface area contributed by atoms with Gasteiger partial charge < -0.3 is 15.0 Å². The molecule has 6 heteroatoms. The van der Waals surface area contributed by atoms with Crippen LogP contribution in [0.25, 0.3) is 0 Å². The Bertz CT molecular complexity index is 388. The number of anilines is 1. The van der Waals surface area contributed by atoms with Crippen molar-refractivity contribution in [3.8, 4) is 0 Å². The van der Waals surface area contributed by atoms with Crippen LogP contribution in [0.1, 0.15) is 31.5 Å². The van der Waals surface area contributed by atoms with Gasteiger partial charge in [0.15, 0.2) is 0 Å². The predicted molar refractivity (Wildman–Crippen MR) is 68.9 cm³/mol. The zero-order valence-corrected chi connectivity index (χ0v) is 10.9. The number of hydrogen-bond acceptors (Lipinski definition) is 5. The Balaban J connectivity index is 1.68. The Morgan fingerprint density at radius 3 is 2.94 bits per heavy atom. The molecule has 0 aromatic carbocycles. The van der Waals surface area contributed by atoms with Gasteiger partial charge in [-0.15, -0.1) is 5.10 Å². The molecule has 2 N–H and O–H groups in total. The largest absolute Gasteiger partial charge is 0.381 e. The normalized spacial score (nSPS) is 26.5. The van der Waals surface area contributed by atoms with Gasteiger partial charge in [-0.2, -0.15) is 4.98 Å². The van der Waals surface area contributed by atoms with Gasteiger partial charge in [-0.05, 0) is 19.8 Å². The molecule has 2 aliphatic heterocycles. The van der Waals surface area contributed by atoms with E-state index in [0.717, 1.165) is 57.5 Å². The third-order valence-electron chi connectivity index (χ3n) is 3.75. The lowest BCUT2D eigenvalue weighted by Crippen LogP contribution is -2.49. The fourth-order valence-corrected chi connectivity index (χ4v) is 2.67. The number of ether oxygens (including phenoxy) is 1. The summed E-state index contributed by atoms with van der Waals surface area (Å²) in [5.74, 6) is 2.37. The number of aromatic nitrogens is 3. The van der Waals surface area contributed by atoms with Gasteiger partial charge in [-0.3, -0.25) is 5.10 Å². The first-order valence-electron chi connectivity index (χ1n) is 6.81. The molecule has 0 radical (unpaired) electrons. The van der Waals surface area contributed by atoms with Crippen molar-refractivity contribution in [1.82, 2.24) is 20.5 Å². The third kappa shape index (κ3) is 2.49. The molecule has 18 heavy (non-hydrogen) atoms. The standard InChI is InChI=1S/C12H21N5O/c1-9-8-17(5-4-13-9)12-14-11(15-16-12)10-2-6-18-7-3-10/h9-10,13H,2-8H2,1H3,(H,14,15,16)/t9-/m1/s1. The van der Waals surface area contributed by atoms with Gasteiger partial charge in [0.1, 0.15) is 5.82 Å². The fraction of sp³-hybridized carbons (Fsp3) is 0.833. The van der Waals surface area contributed by atoms with Crippen molar-refractivity contribution in [3.05, 3.63) is 5.82 Å². The van der Waals surface area contributed by atoms with E-state index in [4.69, 9.17) is 4.74 Å². The molecule has 1 aromatic rings. The van der Waals surface area contributed by atoms with Crippen molar-refractivity contribution < 1.29 is 4.74 Å². The molecular weight excluding hydrogens is 230 g/mol. The minimum atomic E-state index is 0.486. The molecule has 0 spiro atoms. The van der Waals surface area contributed by atoms with Crippen LogP contribution in [0.4, 0.5) is 5.95 Å². The van der Waals surface area contributed by atoms with Crippen LogP contribution in [0.5, 0.6) is 0 Å². The van der Waals surface area contributed by atoms with Crippen molar-refractivity contribution >= 4 is 5.95 Å². The lowest BCUT2D eigenvalue weighted by Gasteiger charge is -2.30. The average molecular weight is 251 g/mol. The first-order valence-corrected chi connectivity index (χ1v) is 6.81. The van der Waals surface area contributed by atoms with Crippen molar-refractivity contribution in [2.75, 3.05) is 37.7 Å². The smallest absolute Gasteiger partial charge is 0.244 e. The molecule has 3 rings (SSSR count). The van der Waals surface area contributed by atoms with E-state index in [2.05, 4.69) is 32.3 Å². The monoisotopic (exact) mass is 251 g/mol. The number of piperazine rings is 1. The first-order chi connectivity index (χ1) is 8.83. The van der Waals surface area contributed by atoms with E-state index < -0.39 is 0 Å². The molecular formula is C12H21N5O. The summed E-state index contributed by atoms with van der Waals surface area (Å²) in [6, 6.07) is 0.504. The summed E-state index contributed by atoms with van der Waals surface area (Å²) < 4.78 is 5.38. The second-order valence-corrected chi connectivity index (χ2v) is 5.21. The molecule has 1 aromatic heterocycles. The Morgan fingerprint density at radius 1 is 1.33 bits per heavy atom. The molecule has 0 aliphatic carbocycles. The van der Waals surface area contributed by atoms with Crippen LogP contribution in [-0.4, -0.2) is 54.1 Å². The zero-order chi connectivity index (χ0) is 12.4. The highest BCUT2D eigenvalue weighted by Crippen LogP contribution is 2.25. The van der Waals surface area contributed by atoms with Crippen LogP contribution in [0, 0.1) is 0 Å². The number of aromatic amines is 1. The van der Waals surface area contributed by atoms with E-state index in [0.29, 0.717) is 12.0 Å². The lowest BCUT2D eigenvalue weighted by atomic mass is 10.00. The van der Waals surface area contributed by atoms with E-state index in [9.17, 15) is 0 Å². The van der Waals surface area contributed by atoms with Gasteiger partial charge in [-0.1, -0.05) is 0 Å². The maximum atomic E-state index is 5.38. The summed E-state index contributed by atoms with van der Waals surface area (Å²) in [5.41, 5.74) is 0. The van der Waals surface area contributed by atoms with Crippen molar-refractivity contribution in [2.24, 2.45) is 0 Å². The topological polar surface area (TPSA) is 66.1 Å². The Kier molecular flexibility index (Phi) is 3.47. The number of hydrogen-bond donors (Lipinski definition) is 2. The maximum absolute atomic E-state index is 5.38. The zero-order valence-electron chi connectivity index (χ0n) is 10.9. The van der Waals surface area contributed by atoms with E-state index >= 15 is 0 Å². The molecule has 1 atom stereocenters. The SMILES string of the molecule is C[C@@H]1CN(c2n[nH]c(C3CCOCC3)n2)CCN1. The minimum Gasteiger partial charge on any atom is -0.381 e. The first kappa shape index (κ1) is 11.9. The summed E-state index contributed by atoms with van der Waals surface area (Å²) in [5, 5.41) is 10.9. The van der Waals surface area contributed by atoms with Gasteiger partial charge in [-0.25, -0.2) is 0 Å². The highest BCUT2D eigenvalue weighted by atomic mass is 16.5. The molecule has 100 valence electrons. The van der Waals surface area contributed by atoms with E-state index in [-0.39, 0.29) is 0 Å². The molecule has 0 saturated carbocycles. The third-order valence-corrected chi connectivity index (χ3v) is 3.75. The molecule has 6 nitrogen and oxygen atoms in total. The number of H-pyrrole nitrogens is 1. The van der Waals surface area contributed by atoms with Crippen LogP contribution in [0.3, 0.4) is 0 Å². The van der Waals surface area contributed by atoms with Crippen molar-refractivity contribution in [3.63, 3.8) is 0 Å². The lowest BCUT2D eigenvalue weighted by molar-refractivity contribution is 0.0836. The summed E-state index contributed by atoms with van der Waals surface area (Å²) in [6.45, 7) is 6.83. The molecule has 3 heterocycles. The van der Waals surface area contributed by atoms with E-state index in [1.807, 2.05) is 0 Å². The highest BCUT2D eigenvalue weighted by molar-refractivity contribution is 5.30. The van der Waals surface area contributed by atoms with E-state index in [1.165, 1.54) is 0 Å². The second kappa shape index (κ2) is 5.24.